The Hall–Kier alpha value is -1.10. The molecule has 0 saturated heterocycles. The number of amides is 1. The molecule has 1 amide bonds. The molecule has 0 spiro atoms. The van der Waals surface area contributed by atoms with Gasteiger partial charge in [-0.3, -0.25) is 9.59 Å². The number of carbonyl (C=O) groups is 2. The minimum atomic E-state index is -0.327. The third-order valence-corrected chi connectivity index (χ3v) is 6.46. The molecule has 4 bridgehead atoms. The van der Waals surface area contributed by atoms with Crippen LogP contribution in [0.3, 0.4) is 0 Å². The highest BCUT2D eigenvalue weighted by molar-refractivity contribution is 5.84. The summed E-state index contributed by atoms with van der Waals surface area (Å²) in [4.78, 5) is 27.1. The summed E-state index contributed by atoms with van der Waals surface area (Å²) in [5.41, 5.74) is -0.194. The Morgan fingerprint density at radius 3 is 2.17 bits per heavy atom. The zero-order valence-corrected chi connectivity index (χ0v) is 15.0. The standard InChI is InChI=1S/C19H31NO4/c1-13(17(22)24-2)12-20(4-3-5-21)18(23)19-9-14-6-15(10-19)8-16(7-14)11-19/h13-16,21H,3-12H2,1-2H3. The van der Waals surface area contributed by atoms with Crippen molar-refractivity contribution in [2.75, 3.05) is 26.8 Å². The molecule has 24 heavy (non-hydrogen) atoms. The molecular weight excluding hydrogens is 306 g/mol. The smallest absolute Gasteiger partial charge is 0.310 e. The van der Waals surface area contributed by atoms with Gasteiger partial charge in [-0.15, -0.1) is 0 Å². The van der Waals surface area contributed by atoms with E-state index in [1.54, 1.807) is 0 Å². The van der Waals surface area contributed by atoms with Crippen molar-refractivity contribution in [1.29, 1.82) is 0 Å². The van der Waals surface area contributed by atoms with Crippen molar-refractivity contribution in [2.24, 2.45) is 29.1 Å². The average molecular weight is 337 g/mol. The molecule has 0 aromatic carbocycles. The van der Waals surface area contributed by atoms with Gasteiger partial charge in [-0.05, 0) is 62.7 Å². The Bertz CT molecular complexity index is 454. The normalized spacial score (nSPS) is 34.9. The van der Waals surface area contributed by atoms with Crippen molar-refractivity contribution >= 4 is 11.9 Å². The molecule has 5 heteroatoms. The number of hydrogen-bond donors (Lipinski definition) is 1. The molecule has 1 atom stereocenters. The number of hydrogen-bond acceptors (Lipinski definition) is 4. The third-order valence-electron chi connectivity index (χ3n) is 6.46. The lowest BCUT2D eigenvalue weighted by Crippen LogP contribution is -2.55. The zero-order chi connectivity index (χ0) is 17.3. The van der Waals surface area contributed by atoms with E-state index in [9.17, 15) is 14.7 Å². The van der Waals surface area contributed by atoms with E-state index in [0.717, 1.165) is 37.0 Å². The summed E-state index contributed by atoms with van der Waals surface area (Å²) < 4.78 is 4.82. The molecule has 0 aromatic rings. The highest BCUT2D eigenvalue weighted by Crippen LogP contribution is 2.60. The van der Waals surface area contributed by atoms with Crippen LogP contribution < -0.4 is 0 Å². The number of carbonyl (C=O) groups excluding carboxylic acids is 2. The second-order valence-corrected chi connectivity index (χ2v) is 8.45. The quantitative estimate of drug-likeness (QED) is 0.724. The first-order chi connectivity index (χ1) is 11.5. The highest BCUT2D eigenvalue weighted by atomic mass is 16.5. The maximum Gasteiger partial charge on any atom is 0.310 e. The molecule has 0 radical (unpaired) electrons. The van der Waals surface area contributed by atoms with E-state index < -0.39 is 0 Å². The van der Waals surface area contributed by atoms with Crippen molar-refractivity contribution in [3.8, 4) is 0 Å². The van der Waals surface area contributed by atoms with Gasteiger partial charge in [0.15, 0.2) is 0 Å². The minimum absolute atomic E-state index is 0.0667. The van der Waals surface area contributed by atoms with Crippen molar-refractivity contribution in [3.05, 3.63) is 0 Å². The van der Waals surface area contributed by atoms with Gasteiger partial charge in [0.2, 0.25) is 5.91 Å². The van der Waals surface area contributed by atoms with Crippen LogP contribution in [0.1, 0.15) is 51.9 Å². The van der Waals surface area contributed by atoms with Crippen molar-refractivity contribution < 1.29 is 19.4 Å². The van der Waals surface area contributed by atoms with Crippen LogP contribution in [0.2, 0.25) is 0 Å². The summed E-state index contributed by atoms with van der Waals surface area (Å²) in [5.74, 6) is 1.79. The van der Waals surface area contributed by atoms with Crippen molar-refractivity contribution in [3.63, 3.8) is 0 Å². The van der Waals surface area contributed by atoms with Gasteiger partial charge >= 0.3 is 5.97 Å². The molecule has 4 rings (SSSR count). The molecule has 1 N–H and O–H groups in total. The highest BCUT2D eigenvalue weighted by Gasteiger charge is 2.55. The summed E-state index contributed by atoms with van der Waals surface area (Å²) in [6.07, 6.45) is 7.57. The monoisotopic (exact) mass is 337 g/mol. The summed E-state index contributed by atoms with van der Waals surface area (Å²) in [6.45, 7) is 2.80. The Kier molecular flexibility index (Phi) is 5.19. The number of nitrogens with zero attached hydrogens (tertiary/aromatic N) is 1. The fourth-order valence-corrected chi connectivity index (χ4v) is 5.85. The topological polar surface area (TPSA) is 66.8 Å². The van der Waals surface area contributed by atoms with E-state index in [4.69, 9.17) is 4.74 Å². The van der Waals surface area contributed by atoms with Crippen LogP contribution in [0.4, 0.5) is 0 Å². The number of esters is 1. The molecule has 1 unspecified atom stereocenters. The molecule has 4 aliphatic rings. The van der Waals surface area contributed by atoms with Gasteiger partial charge in [-0.2, -0.15) is 0 Å². The first kappa shape index (κ1) is 17.7. The number of aliphatic hydroxyl groups is 1. The first-order valence-electron chi connectivity index (χ1n) is 9.45. The second-order valence-electron chi connectivity index (χ2n) is 8.45. The molecule has 0 heterocycles. The first-order valence-corrected chi connectivity index (χ1v) is 9.45. The van der Waals surface area contributed by atoms with Crippen LogP contribution in [0.15, 0.2) is 0 Å². The lowest BCUT2D eigenvalue weighted by Gasteiger charge is -2.56. The van der Waals surface area contributed by atoms with Gasteiger partial charge < -0.3 is 14.7 Å². The summed E-state index contributed by atoms with van der Waals surface area (Å²) in [5, 5.41) is 9.19. The van der Waals surface area contributed by atoms with Gasteiger partial charge in [-0.1, -0.05) is 6.92 Å². The lowest BCUT2D eigenvalue weighted by molar-refractivity contribution is -0.160. The zero-order valence-electron chi connectivity index (χ0n) is 15.0. The van der Waals surface area contributed by atoms with Crippen molar-refractivity contribution in [1.82, 2.24) is 4.90 Å². The van der Waals surface area contributed by atoms with Gasteiger partial charge in [0, 0.05) is 19.7 Å². The number of rotatable bonds is 7. The fourth-order valence-electron chi connectivity index (χ4n) is 5.85. The predicted molar refractivity (Wildman–Crippen MR) is 90.1 cm³/mol. The van der Waals surface area contributed by atoms with Gasteiger partial charge in [0.1, 0.15) is 0 Å². The van der Waals surface area contributed by atoms with E-state index in [-0.39, 0.29) is 29.8 Å². The van der Waals surface area contributed by atoms with Crippen molar-refractivity contribution in [2.45, 2.75) is 51.9 Å². The second kappa shape index (κ2) is 7.03. The number of ether oxygens (including phenoxy) is 1. The van der Waals surface area contributed by atoms with Crippen LogP contribution in [0.25, 0.3) is 0 Å². The largest absolute Gasteiger partial charge is 0.469 e. The maximum atomic E-state index is 13.4. The summed E-state index contributed by atoms with van der Waals surface area (Å²) >= 11 is 0. The van der Waals surface area contributed by atoms with Gasteiger partial charge in [0.05, 0.1) is 18.4 Å². The lowest BCUT2D eigenvalue weighted by atomic mass is 9.49. The maximum absolute atomic E-state index is 13.4. The molecule has 0 aromatic heterocycles. The molecule has 136 valence electrons. The van der Waals surface area contributed by atoms with Gasteiger partial charge in [-0.25, -0.2) is 0 Å². The Labute approximate surface area is 144 Å². The van der Waals surface area contributed by atoms with Crippen LogP contribution in [0.5, 0.6) is 0 Å². The van der Waals surface area contributed by atoms with Crippen LogP contribution in [0, 0.1) is 29.1 Å². The molecule has 4 aliphatic carbocycles. The van der Waals surface area contributed by atoms with Crippen LogP contribution >= 0.6 is 0 Å². The number of methoxy groups -OCH3 is 1. The molecule has 0 aliphatic heterocycles. The minimum Gasteiger partial charge on any atom is -0.469 e. The molecule has 5 nitrogen and oxygen atoms in total. The third kappa shape index (κ3) is 3.32. The van der Waals surface area contributed by atoms with Crippen LogP contribution in [-0.2, 0) is 14.3 Å². The molecular formula is C19H31NO4. The Balaban J connectivity index is 1.74. The predicted octanol–water partition coefficient (Wildman–Crippen LogP) is 2.22. The van der Waals surface area contributed by atoms with Gasteiger partial charge in [0.25, 0.3) is 0 Å². The average Bonchev–Trinajstić information content (AvgIpc) is 2.55. The van der Waals surface area contributed by atoms with Crippen LogP contribution in [-0.4, -0.2) is 48.7 Å². The fraction of sp³-hybridized carbons (Fsp3) is 0.895. The summed E-state index contributed by atoms with van der Waals surface area (Å²) in [7, 11) is 1.39. The Morgan fingerprint density at radius 1 is 1.17 bits per heavy atom. The Morgan fingerprint density at radius 2 is 1.71 bits per heavy atom. The van der Waals surface area contributed by atoms with E-state index in [2.05, 4.69) is 0 Å². The van der Waals surface area contributed by atoms with E-state index in [0.29, 0.717) is 19.5 Å². The SMILES string of the molecule is COC(=O)C(C)CN(CCCO)C(=O)C12CC3CC(CC(C3)C1)C2. The van der Waals surface area contributed by atoms with E-state index >= 15 is 0 Å². The molecule has 4 fully saturated rings. The van der Waals surface area contributed by atoms with E-state index in [1.165, 1.54) is 26.4 Å². The summed E-state index contributed by atoms with van der Waals surface area (Å²) in [6, 6.07) is 0. The van der Waals surface area contributed by atoms with E-state index in [1.807, 2.05) is 11.8 Å². The molecule has 4 saturated carbocycles. The number of aliphatic hydroxyl groups excluding tert-OH is 1.